The molecule has 1 atom stereocenters. The Kier molecular flexibility index (Phi) is 6.18. The first-order chi connectivity index (χ1) is 16.6. The summed E-state index contributed by atoms with van der Waals surface area (Å²) in [5.74, 6) is -0.853. The van der Waals surface area contributed by atoms with Gasteiger partial charge in [-0.15, -0.1) is 0 Å². The Labute approximate surface area is 197 Å². The third kappa shape index (κ3) is 4.60. The highest BCUT2D eigenvalue weighted by Crippen LogP contribution is 2.30. The van der Waals surface area contributed by atoms with Crippen molar-refractivity contribution in [1.82, 2.24) is 30.1 Å². The fraction of sp³-hybridized carbons (Fsp3) is 0.320. The van der Waals surface area contributed by atoms with Crippen LogP contribution in [0.1, 0.15) is 40.7 Å². The first-order valence-corrected chi connectivity index (χ1v) is 11.5. The van der Waals surface area contributed by atoms with Gasteiger partial charge in [0.25, 0.3) is 5.91 Å². The van der Waals surface area contributed by atoms with Crippen LogP contribution in [0.2, 0.25) is 0 Å². The van der Waals surface area contributed by atoms with Crippen LogP contribution in [-0.4, -0.2) is 49.7 Å². The number of piperidine rings is 1. The number of pyridine rings is 1. The van der Waals surface area contributed by atoms with E-state index < -0.39 is 11.9 Å². The summed E-state index contributed by atoms with van der Waals surface area (Å²) in [6.07, 6.45) is 8.98. The molecule has 0 radical (unpaired) electrons. The number of benzene rings is 1. The van der Waals surface area contributed by atoms with Gasteiger partial charge in [0.1, 0.15) is 6.04 Å². The Balaban J connectivity index is 1.22. The fourth-order valence-electron chi connectivity index (χ4n) is 4.51. The summed E-state index contributed by atoms with van der Waals surface area (Å²) >= 11 is 0. The van der Waals surface area contributed by atoms with E-state index >= 15 is 0 Å². The SMILES string of the molecule is O=C1CCC(N2Cc3cc(-c4cc(CNCCCn5ccnc5)ccn4)ccc3C2=O)C(=O)N1. The molecule has 9 heteroatoms. The number of hydrogen-bond donors (Lipinski definition) is 2. The van der Waals surface area contributed by atoms with Crippen LogP contribution in [0.5, 0.6) is 0 Å². The number of carbonyl (C=O) groups excluding carboxylic acids is 3. The second-order valence-corrected chi connectivity index (χ2v) is 8.65. The molecule has 3 aromatic rings. The van der Waals surface area contributed by atoms with E-state index in [1.54, 1.807) is 17.3 Å². The third-order valence-electron chi connectivity index (χ3n) is 6.30. The summed E-state index contributed by atoms with van der Waals surface area (Å²) in [5.41, 5.74) is 4.38. The third-order valence-corrected chi connectivity index (χ3v) is 6.30. The van der Waals surface area contributed by atoms with Crippen LogP contribution in [0.15, 0.2) is 55.2 Å². The Bertz CT molecular complexity index is 1220. The van der Waals surface area contributed by atoms with Gasteiger partial charge in [-0.3, -0.25) is 24.7 Å². The molecule has 2 aromatic heterocycles. The van der Waals surface area contributed by atoms with Crippen molar-refractivity contribution in [1.29, 1.82) is 0 Å². The molecule has 1 aromatic carbocycles. The number of amides is 3. The van der Waals surface area contributed by atoms with E-state index in [1.165, 1.54) is 0 Å². The van der Waals surface area contributed by atoms with Crippen molar-refractivity contribution >= 4 is 17.7 Å². The largest absolute Gasteiger partial charge is 0.337 e. The number of fused-ring (bicyclic) bond motifs is 1. The lowest BCUT2D eigenvalue weighted by molar-refractivity contribution is -0.136. The van der Waals surface area contributed by atoms with Crippen molar-refractivity contribution in [3.63, 3.8) is 0 Å². The predicted molar refractivity (Wildman–Crippen MR) is 124 cm³/mol. The van der Waals surface area contributed by atoms with Crippen LogP contribution < -0.4 is 10.6 Å². The molecule has 1 fully saturated rings. The van der Waals surface area contributed by atoms with E-state index in [0.717, 1.165) is 48.4 Å². The maximum Gasteiger partial charge on any atom is 0.255 e. The van der Waals surface area contributed by atoms with E-state index in [2.05, 4.69) is 31.2 Å². The van der Waals surface area contributed by atoms with Gasteiger partial charge in [-0.05, 0) is 54.8 Å². The molecular formula is C25H26N6O3. The minimum Gasteiger partial charge on any atom is -0.337 e. The standard InChI is InChI=1S/C25H26N6O3/c32-23-5-4-22(24(33)29-23)31-15-19-13-18(2-3-20(19)25(31)34)21-12-17(6-8-28-21)14-26-7-1-10-30-11-9-27-16-30/h2-3,6,8-9,11-13,16,22,26H,1,4-5,7,10,14-15H2,(H,29,32,33). The molecule has 1 saturated heterocycles. The van der Waals surface area contributed by atoms with Crippen LogP contribution in [-0.2, 0) is 29.2 Å². The van der Waals surface area contributed by atoms with Crippen molar-refractivity contribution in [2.45, 2.75) is 44.9 Å². The lowest BCUT2D eigenvalue weighted by Gasteiger charge is -2.29. The number of rotatable bonds is 8. The normalized spacial score (nSPS) is 17.7. The van der Waals surface area contributed by atoms with E-state index in [-0.39, 0.29) is 18.2 Å². The molecule has 0 aliphatic carbocycles. The second-order valence-electron chi connectivity index (χ2n) is 8.65. The minimum absolute atomic E-state index is 0.169. The average Bonchev–Trinajstić information content (AvgIpc) is 3.47. The Morgan fingerprint density at radius 3 is 2.85 bits per heavy atom. The van der Waals surface area contributed by atoms with E-state index in [4.69, 9.17) is 0 Å². The lowest BCUT2D eigenvalue weighted by Crippen LogP contribution is -2.52. The molecule has 2 aliphatic heterocycles. The van der Waals surface area contributed by atoms with E-state index in [0.29, 0.717) is 18.5 Å². The van der Waals surface area contributed by atoms with Gasteiger partial charge < -0.3 is 14.8 Å². The van der Waals surface area contributed by atoms with Gasteiger partial charge >= 0.3 is 0 Å². The minimum atomic E-state index is -0.609. The van der Waals surface area contributed by atoms with Crippen LogP contribution in [0.4, 0.5) is 0 Å². The van der Waals surface area contributed by atoms with Gasteiger partial charge in [-0.25, -0.2) is 4.98 Å². The summed E-state index contributed by atoms with van der Waals surface area (Å²) < 4.78 is 2.06. The van der Waals surface area contributed by atoms with Gasteiger partial charge in [0, 0.05) is 55.8 Å². The lowest BCUT2D eigenvalue weighted by atomic mass is 10.0. The highest BCUT2D eigenvalue weighted by Gasteiger charge is 2.39. The molecular weight excluding hydrogens is 432 g/mol. The van der Waals surface area contributed by atoms with Gasteiger partial charge in [-0.2, -0.15) is 0 Å². The van der Waals surface area contributed by atoms with Gasteiger partial charge in [0.15, 0.2) is 0 Å². The molecule has 3 amide bonds. The second kappa shape index (κ2) is 9.56. The number of carbonyl (C=O) groups is 3. The summed E-state index contributed by atoms with van der Waals surface area (Å²) in [7, 11) is 0. The van der Waals surface area contributed by atoms with Crippen LogP contribution in [0.3, 0.4) is 0 Å². The smallest absolute Gasteiger partial charge is 0.255 e. The zero-order valence-electron chi connectivity index (χ0n) is 18.7. The zero-order valence-corrected chi connectivity index (χ0v) is 18.7. The van der Waals surface area contributed by atoms with Gasteiger partial charge in [0.05, 0.1) is 12.0 Å². The molecule has 1 unspecified atom stereocenters. The van der Waals surface area contributed by atoms with Crippen LogP contribution >= 0.6 is 0 Å². The topological polar surface area (TPSA) is 109 Å². The van der Waals surface area contributed by atoms with Crippen LogP contribution in [0.25, 0.3) is 11.3 Å². The number of imidazole rings is 1. The van der Waals surface area contributed by atoms with Gasteiger partial charge in [-0.1, -0.05) is 6.07 Å². The monoisotopic (exact) mass is 458 g/mol. The maximum atomic E-state index is 12.9. The molecule has 4 heterocycles. The molecule has 34 heavy (non-hydrogen) atoms. The quantitative estimate of drug-likeness (QED) is 0.394. The molecule has 0 spiro atoms. The van der Waals surface area contributed by atoms with Gasteiger partial charge in [0.2, 0.25) is 11.8 Å². The van der Waals surface area contributed by atoms with Crippen molar-refractivity contribution in [3.05, 3.63) is 71.9 Å². The van der Waals surface area contributed by atoms with E-state index in [9.17, 15) is 14.4 Å². The maximum absolute atomic E-state index is 12.9. The Hall–Kier alpha value is -3.85. The number of nitrogens with one attached hydrogen (secondary N) is 2. The molecule has 2 aliphatic rings. The average molecular weight is 459 g/mol. The molecule has 5 rings (SSSR count). The predicted octanol–water partition coefficient (Wildman–Crippen LogP) is 1.89. The number of nitrogens with zero attached hydrogens (tertiary/aromatic N) is 4. The highest BCUT2D eigenvalue weighted by atomic mass is 16.2. The number of hydrogen-bond acceptors (Lipinski definition) is 6. The van der Waals surface area contributed by atoms with Crippen molar-refractivity contribution in [3.8, 4) is 11.3 Å². The van der Waals surface area contributed by atoms with Crippen molar-refractivity contribution < 1.29 is 14.4 Å². The number of aryl methyl sites for hydroxylation is 1. The molecule has 174 valence electrons. The molecule has 9 nitrogen and oxygen atoms in total. The summed E-state index contributed by atoms with van der Waals surface area (Å²) in [6, 6.07) is 9.12. The van der Waals surface area contributed by atoms with Crippen molar-refractivity contribution in [2.24, 2.45) is 0 Å². The highest BCUT2D eigenvalue weighted by molar-refractivity contribution is 6.05. The first kappa shape index (κ1) is 22.0. The number of aromatic nitrogens is 3. The number of imide groups is 1. The Morgan fingerprint density at radius 2 is 2.03 bits per heavy atom. The first-order valence-electron chi connectivity index (χ1n) is 11.5. The van der Waals surface area contributed by atoms with Crippen molar-refractivity contribution in [2.75, 3.05) is 6.54 Å². The van der Waals surface area contributed by atoms with Crippen LogP contribution in [0, 0.1) is 0 Å². The molecule has 0 bridgehead atoms. The Morgan fingerprint density at radius 1 is 1.12 bits per heavy atom. The van der Waals surface area contributed by atoms with E-state index in [1.807, 2.05) is 36.8 Å². The summed E-state index contributed by atoms with van der Waals surface area (Å²) in [4.78, 5) is 46.8. The molecule has 2 N–H and O–H groups in total. The summed E-state index contributed by atoms with van der Waals surface area (Å²) in [6.45, 7) is 2.92. The fourth-order valence-corrected chi connectivity index (χ4v) is 4.51. The zero-order chi connectivity index (χ0) is 23.5. The summed E-state index contributed by atoms with van der Waals surface area (Å²) in [5, 5.41) is 5.80. The molecule has 0 saturated carbocycles.